The zero-order chi connectivity index (χ0) is 15.1. The molecule has 0 bridgehead atoms. The van der Waals surface area contributed by atoms with Gasteiger partial charge in [-0.1, -0.05) is 5.16 Å². The highest BCUT2D eigenvalue weighted by molar-refractivity contribution is 6.02. The van der Waals surface area contributed by atoms with Crippen LogP contribution in [0.25, 0.3) is 11.0 Å². The molecule has 0 spiro atoms. The molecule has 2 aliphatic rings. The Morgan fingerprint density at radius 2 is 2.36 bits per heavy atom. The van der Waals surface area contributed by atoms with Crippen molar-refractivity contribution in [1.82, 2.24) is 15.0 Å². The fraction of sp³-hybridized carbons (Fsp3) is 0.533. The fourth-order valence-electron chi connectivity index (χ4n) is 3.52. The lowest BCUT2D eigenvalue weighted by atomic mass is 10.1. The Labute approximate surface area is 126 Å². The number of aromatic nitrogens is 2. The Morgan fingerprint density at radius 1 is 1.45 bits per heavy atom. The second-order valence-electron chi connectivity index (χ2n) is 5.88. The van der Waals surface area contributed by atoms with Crippen LogP contribution >= 0.6 is 0 Å². The predicted octanol–water partition coefficient (Wildman–Crippen LogP) is 0.835. The van der Waals surface area contributed by atoms with Crippen LogP contribution in [0.1, 0.15) is 23.4 Å². The second kappa shape index (κ2) is 5.33. The van der Waals surface area contributed by atoms with Gasteiger partial charge in [0.1, 0.15) is 0 Å². The van der Waals surface area contributed by atoms with Crippen molar-refractivity contribution in [3.8, 4) is 0 Å². The van der Waals surface area contributed by atoms with E-state index in [1.165, 1.54) is 0 Å². The number of nitrogens with zero attached hydrogens (tertiary/aromatic N) is 3. The minimum Gasteiger partial charge on any atom is -0.396 e. The van der Waals surface area contributed by atoms with E-state index in [9.17, 15) is 9.90 Å². The van der Waals surface area contributed by atoms with Crippen LogP contribution < -0.4 is 0 Å². The highest BCUT2D eigenvalue weighted by atomic mass is 16.5. The zero-order valence-electron chi connectivity index (χ0n) is 12.0. The van der Waals surface area contributed by atoms with Crippen LogP contribution in [0, 0.1) is 5.92 Å². The number of aliphatic hydroxyl groups excluding tert-OH is 1. The number of carbonyl (C=O) groups is 1. The minimum absolute atomic E-state index is 0.00200. The molecule has 2 fully saturated rings. The van der Waals surface area contributed by atoms with E-state index < -0.39 is 0 Å². The van der Waals surface area contributed by atoms with E-state index in [1.807, 2.05) is 0 Å². The van der Waals surface area contributed by atoms with Gasteiger partial charge in [0.05, 0.1) is 24.1 Å². The molecule has 22 heavy (non-hydrogen) atoms. The van der Waals surface area contributed by atoms with E-state index in [4.69, 9.17) is 9.26 Å². The maximum absolute atomic E-state index is 12.9. The summed E-state index contributed by atoms with van der Waals surface area (Å²) < 4.78 is 11.0. The molecular formula is C15H17N3O4. The van der Waals surface area contributed by atoms with Crippen LogP contribution in [-0.2, 0) is 4.74 Å². The summed E-state index contributed by atoms with van der Waals surface area (Å²) in [6, 6.07) is 3.54. The molecule has 1 saturated carbocycles. The SMILES string of the molecule is O=C(c1onc2ncccc12)N1CCOC2C[C@H](CO)C[C@@H]21. The third kappa shape index (κ3) is 2.08. The first-order chi connectivity index (χ1) is 10.8. The van der Waals surface area contributed by atoms with Gasteiger partial charge in [-0.05, 0) is 30.9 Å². The Morgan fingerprint density at radius 3 is 3.23 bits per heavy atom. The van der Waals surface area contributed by atoms with E-state index in [0.29, 0.717) is 24.2 Å². The quantitative estimate of drug-likeness (QED) is 0.884. The highest BCUT2D eigenvalue weighted by Crippen LogP contribution is 2.35. The van der Waals surface area contributed by atoms with E-state index in [-0.39, 0.29) is 36.3 Å². The molecule has 7 nitrogen and oxygen atoms in total. The van der Waals surface area contributed by atoms with Crippen LogP contribution in [0.4, 0.5) is 0 Å². The van der Waals surface area contributed by atoms with Crippen LogP contribution in [0.15, 0.2) is 22.9 Å². The summed E-state index contributed by atoms with van der Waals surface area (Å²) in [6.07, 6.45) is 3.18. The van der Waals surface area contributed by atoms with E-state index >= 15 is 0 Å². The molecule has 1 aliphatic carbocycles. The number of rotatable bonds is 2. The monoisotopic (exact) mass is 303 g/mol. The van der Waals surface area contributed by atoms with Crippen molar-refractivity contribution >= 4 is 16.9 Å². The molecule has 0 aromatic carbocycles. The number of ether oxygens (including phenoxy) is 1. The Bertz CT molecular complexity index is 701. The first-order valence-corrected chi connectivity index (χ1v) is 7.51. The summed E-state index contributed by atoms with van der Waals surface area (Å²) >= 11 is 0. The molecule has 4 rings (SSSR count). The molecule has 7 heteroatoms. The first kappa shape index (κ1) is 13.7. The molecule has 2 aromatic heterocycles. The van der Waals surface area contributed by atoms with Gasteiger partial charge in [-0.15, -0.1) is 0 Å². The molecular weight excluding hydrogens is 286 g/mol. The summed E-state index contributed by atoms with van der Waals surface area (Å²) in [5, 5.41) is 13.8. The van der Waals surface area contributed by atoms with Gasteiger partial charge in [0.25, 0.3) is 5.91 Å². The minimum atomic E-state index is -0.174. The topological polar surface area (TPSA) is 88.7 Å². The Balaban J connectivity index is 1.64. The molecule has 2 aromatic rings. The summed E-state index contributed by atoms with van der Waals surface area (Å²) in [5.74, 6) is 0.250. The maximum atomic E-state index is 12.9. The molecule has 3 atom stereocenters. The summed E-state index contributed by atoms with van der Waals surface area (Å²) in [7, 11) is 0. The number of morpholine rings is 1. The highest BCUT2D eigenvalue weighted by Gasteiger charge is 2.43. The average molecular weight is 303 g/mol. The third-order valence-corrected chi connectivity index (χ3v) is 4.60. The number of hydrogen-bond donors (Lipinski definition) is 1. The van der Waals surface area contributed by atoms with Gasteiger partial charge in [-0.2, -0.15) is 0 Å². The molecule has 116 valence electrons. The molecule has 3 heterocycles. The molecule has 1 N–H and O–H groups in total. The smallest absolute Gasteiger partial charge is 0.293 e. The fourth-order valence-corrected chi connectivity index (χ4v) is 3.52. The number of fused-ring (bicyclic) bond motifs is 2. The number of hydrogen-bond acceptors (Lipinski definition) is 6. The first-order valence-electron chi connectivity index (χ1n) is 7.51. The van der Waals surface area contributed by atoms with E-state index in [2.05, 4.69) is 10.1 Å². The Kier molecular flexibility index (Phi) is 3.31. The van der Waals surface area contributed by atoms with Crippen LogP contribution in [0.5, 0.6) is 0 Å². The molecule has 1 aliphatic heterocycles. The van der Waals surface area contributed by atoms with Gasteiger partial charge in [0, 0.05) is 19.3 Å². The number of amides is 1. The lowest BCUT2D eigenvalue weighted by molar-refractivity contribution is -0.0458. The number of carbonyl (C=O) groups excluding carboxylic acids is 1. The lowest BCUT2D eigenvalue weighted by Gasteiger charge is -2.37. The summed E-state index contributed by atoms with van der Waals surface area (Å²) in [4.78, 5) is 18.7. The van der Waals surface area contributed by atoms with Crippen LogP contribution in [0.2, 0.25) is 0 Å². The van der Waals surface area contributed by atoms with Gasteiger partial charge >= 0.3 is 0 Å². The second-order valence-corrected chi connectivity index (χ2v) is 5.88. The van der Waals surface area contributed by atoms with E-state index in [1.54, 1.807) is 23.2 Å². The Hall–Kier alpha value is -1.99. The van der Waals surface area contributed by atoms with Gasteiger partial charge in [0.15, 0.2) is 0 Å². The largest absolute Gasteiger partial charge is 0.396 e. The van der Waals surface area contributed by atoms with Gasteiger partial charge in [0.2, 0.25) is 11.4 Å². The van der Waals surface area contributed by atoms with Gasteiger partial charge in [-0.25, -0.2) is 4.98 Å². The van der Waals surface area contributed by atoms with Crippen molar-refractivity contribution in [3.63, 3.8) is 0 Å². The van der Waals surface area contributed by atoms with E-state index in [0.717, 1.165) is 12.8 Å². The zero-order valence-corrected chi connectivity index (χ0v) is 12.0. The summed E-state index contributed by atoms with van der Waals surface area (Å²) in [6.45, 7) is 1.17. The van der Waals surface area contributed by atoms with Crippen molar-refractivity contribution in [2.75, 3.05) is 19.8 Å². The van der Waals surface area contributed by atoms with Crippen LogP contribution in [-0.4, -0.2) is 58.0 Å². The molecule has 1 amide bonds. The van der Waals surface area contributed by atoms with Gasteiger partial charge < -0.3 is 19.3 Å². The van der Waals surface area contributed by atoms with Crippen molar-refractivity contribution in [2.45, 2.75) is 25.0 Å². The van der Waals surface area contributed by atoms with Crippen molar-refractivity contribution < 1.29 is 19.2 Å². The molecule has 0 radical (unpaired) electrons. The third-order valence-electron chi connectivity index (χ3n) is 4.60. The van der Waals surface area contributed by atoms with Crippen molar-refractivity contribution in [1.29, 1.82) is 0 Å². The molecule has 1 saturated heterocycles. The van der Waals surface area contributed by atoms with Crippen molar-refractivity contribution in [3.05, 3.63) is 24.1 Å². The maximum Gasteiger partial charge on any atom is 0.293 e. The van der Waals surface area contributed by atoms with Crippen molar-refractivity contribution in [2.24, 2.45) is 5.92 Å². The number of aliphatic hydroxyl groups is 1. The summed E-state index contributed by atoms with van der Waals surface area (Å²) in [5.41, 5.74) is 0.440. The standard InChI is InChI=1S/C15H17N3O4/c19-8-9-6-11-12(7-9)21-5-4-18(11)15(20)13-10-2-1-3-16-14(10)17-22-13/h1-3,9,11-12,19H,4-8H2/t9-,11+,12?/m1/s1. The normalized spacial score (nSPS) is 28.0. The van der Waals surface area contributed by atoms with Crippen LogP contribution in [0.3, 0.4) is 0 Å². The predicted molar refractivity (Wildman–Crippen MR) is 76.2 cm³/mol. The molecule has 1 unspecified atom stereocenters. The lowest BCUT2D eigenvalue weighted by Crippen LogP contribution is -2.51. The number of pyridine rings is 1. The average Bonchev–Trinajstić information content (AvgIpc) is 3.17. The van der Waals surface area contributed by atoms with Gasteiger partial charge in [-0.3, -0.25) is 4.79 Å².